The molecule has 1 aliphatic heterocycles. The molecule has 3 rings (SSSR count). The maximum Gasteiger partial charge on any atom is 0.277 e. The summed E-state index contributed by atoms with van der Waals surface area (Å²) < 4.78 is 5.64. The second-order valence-electron chi connectivity index (χ2n) is 7.44. The lowest BCUT2D eigenvalue weighted by atomic mass is 10.2. The van der Waals surface area contributed by atoms with Gasteiger partial charge in [-0.2, -0.15) is 0 Å². The van der Waals surface area contributed by atoms with Gasteiger partial charge in [0.25, 0.3) is 11.5 Å². The molecule has 0 bridgehead atoms. The highest BCUT2D eigenvalue weighted by Gasteiger charge is 2.26. The number of nitrogens with zero attached hydrogens (tertiary/aromatic N) is 2. The molecular formula is C21H25N5O5S. The topological polar surface area (TPSA) is 133 Å². The van der Waals surface area contributed by atoms with Gasteiger partial charge in [0.05, 0.1) is 18.0 Å². The van der Waals surface area contributed by atoms with Gasteiger partial charge in [-0.25, -0.2) is 4.98 Å². The van der Waals surface area contributed by atoms with Crippen molar-refractivity contribution in [3.63, 3.8) is 0 Å². The molecule has 2 aromatic rings. The van der Waals surface area contributed by atoms with Crippen molar-refractivity contribution in [1.82, 2.24) is 14.9 Å². The number of rotatable bonds is 6. The maximum atomic E-state index is 12.7. The van der Waals surface area contributed by atoms with E-state index in [-0.39, 0.29) is 40.5 Å². The minimum absolute atomic E-state index is 0.0514. The molecule has 11 heteroatoms. The number of morpholine rings is 1. The first-order chi connectivity index (χ1) is 15.2. The lowest BCUT2D eigenvalue weighted by Gasteiger charge is -2.35. The van der Waals surface area contributed by atoms with E-state index >= 15 is 0 Å². The Morgan fingerprint density at radius 1 is 1.16 bits per heavy atom. The van der Waals surface area contributed by atoms with Gasteiger partial charge in [-0.1, -0.05) is 30.0 Å². The van der Waals surface area contributed by atoms with Gasteiger partial charge in [0.15, 0.2) is 16.7 Å². The van der Waals surface area contributed by atoms with Gasteiger partial charge in [-0.15, -0.1) is 0 Å². The van der Waals surface area contributed by atoms with Crippen molar-refractivity contribution >= 4 is 41.0 Å². The summed E-state index contributed by atoms with van der Waals surface area (Å²) in [7, 11) is 0. The number of nitrogens with one attached hydrogen (secondary N) is 3. The van der Waals surface area contributed by atoms with E-state index in [9.17, 15) is 19.2 Å². The van der Waals surface area contributed by atoms with Crippen LogP contribution in [0.1, 0.15) is 31.1 Å². The van der Waals surface area contributed by atoms with Gasteiger partial charge in [-0.3, -0.25) is 24.2 Å². The molecule has 3 amide bonds. The zero-order valence-corrected chi connectivity index (χ0v) is 18.8. The molecule has 1 saturated heterocycles. The van der Waals surface area contributed by atoms with Gasteiger partial charge in [0, 0.05) is 25.6 Å². The largest absolute Gasteiger partial charge is 0.372 e. The van der Waals surface area contributed by atoms with Crippen molar-refractivity contribution in [3.05, 3.63) is 46.2 Å². The number of amides is 3. The molecule has 2 atom stereocenters. The van der Waals surface area contributed by atoms with Gasteiger partial charge in [0.1, 0.15) is 0 Å². The third kappa shape index (κ3) is 6.17. The van der Waals surface area contributed by atoms with Crippen molar-refractivity contribution in [2.24, 2.45) is 0 Å². The van der Waals surface area contributed by atoms with Crippen LogP contribution in [-0.4, -0.2) is 63.6 Å². The Labute approximate surface area is 189 Å². The number of H-pyrrole nitrogens is 1. The Balaban J connectivity index is 1.75. The summed E-state index contributed by atoms with van der Waals surface area (Å²) in [5, 5.41) is 5.11. The highest BCUT2D eigenvalue weighted by molar-refractivity contribution is 7.99. The Morgan fingerprint density at radius 2 is 1.81 bits per heavy atom. The number of aromatic nitrogens is 2. The molecule has 3 N–H and O–H groups in total. The molecule has 0 saturated carbocycles. The van der Waals surface area contributed by atoms with Crippen LogP contribution >= 0.6 is 11.8 Å². The maximum absolute atomic E-state index is 12.7. The zero-order valence-electron chi connectivity index (χ0n) is 18.0. The fraction of sp³-hybridized carbons (Fsp3) is 0.381. The number of anilines is 2. The summed E-state index contributed by atoms with van der Waals surface area (Å²) in [5.74, 6) is -1.12. The highest BCUT2D eigenvalue weighted by atomic mass is 32.2. The Morgan fingerprint density at radius 3 is 2.44 bits per heavy atom. The standard InChI is InChI=1S/C21H25N5O5S/c1-12-9-26(10-13(2)31-12)16(28)11-32-21-24-18(22-14(3)27)17(20(30)25-21)23-19(29)15-7-5-4-6-8-15/h4-8,12-13H,9-11H2,1-3H3,(H,23,29)(H2,22,24,25,27,30)/t12-,13-/m1/s1. The summed E-state index contributed by atoms with van der Waals surface area (Å²) in [6.45, 7) is 6.07. The SMILES string of the molecule is CC(=O)Nc1nc(SCC(=O)N2C[C@@H](C)O[C@H](C)C2)[nH]c(=O)c1NC(=O)c1ccccc1. The van der Waals surface area contributed by atoms with E-state index in [1.165, 1.54) is 6.92 Å². The summed E-state index contributed by atoms with van der Waals surface area (Å²) in [4.78, 5) is 57.8. The average Bonchev–Trinajstić information content (AvgIpc) is 2.73. The monoisotopic (exact) mass is 459 g/mol. The minimum atomic E-state index is -0.642. The quantitative estimate of drug-likeness (QED) is 0.442. The fourth-order valence-corrected chi connectivity index (χ4v) is 4.04. The molecule has 0 aliphatic carbocycles. The molecule has 2 heterocycles. The summed E-state index contributed by atoms with van der Waals surface area (Å²) >= 11 is 1.04. The molecule has 1 aromatic heterocycles. The van der Waals surface area contributed by atoms with E-state index in [1.807, 2.05) is 13.8 Å². The smallest absolute Gasteiger partial charge is 0.277 e. The van der Waals surface area contributed by atoms with Crippen molar-refractivity contribution < 1.29 is 19.1 Å². The first-order valence-corrected chi connectivity index (χ1v) is 11.1. The van der Waals surface area contributed by atoms with Crippen LogP contribution in [0.2, 0.25) is 0 Å². The van der Waals surface area contributed by atoms with Crippen LogP contribution in [-0.2, 0) is 14.3 Å². The van der Waals surface area contributed by atoms with E-state index in [4.69, 9.17) is 4.74 Å². The number of carbonyl (C=O) groups is 3. The number of aromatic amines is 1. The summed E-state index contributed by atoms with van der Waals surface area (Å²) in [5.41, 5.74) is -0.476. The predicted octanol–water partition coefficient (Wildman–Crippen LogP) is 1.71. The second kappa shape index (κ2) is 10.4. The summed E-state index contributed by atoms with van der Waals surface area (Å²) in [6.07, 6.45) is -0.103. The Hall–Kier alpha value is -3.18. The number of hydrogen-bond acceptors (Lipinski definition) is 7. The van der Waals surface area contributed by atoms with Crippen LogP contribution in [0.25, 0.3) is 0 Å². The van der Waals surface area contributed by atoms with Gasteiger partial charge in [-0.05, 0) is 26.0 Å². The van der Waals surface area contributed by atoms with E-state index in [2.05, 4.69) is 20.6 Å². The minimum Gasteiger partial charge on any atom is -0.372 e. The predicted molar refractivity (Wildman–Crippen MR) is 121 cm³/mol. The van der Waals surface area contributed by atoms with E-state index in [1.54, 1.807) is 35.2 Å². The first-order valence-electron chi connectivity index (χ1n) is 10.1. The molecule has 1 aliphatic rings. The van der Waals surface area contributed by atoms with Crippen molar-refractivity contribution in [2.45, 2.75) is 38.1 Å². The highest BCUT2D eigenvalue weighted by Crippen LogP contribution is 2.21. The van der Waals surface area contributed by atoms with Crippen molar-refractivity contribution in [1.29, 1.82) is 0 Å². The molecular weight excluding hydrogens is 434 g/mol. The molecule has 0 unspecified atom stereocenters. The molecule has 1 aromatic carbocycles. The molecule has 32 heavy (non-hydrogen) atoms. The van der Waals surface area contributed by atoms with Gasteiger partial charge in [0.2, 0.25) is 11.8 Å². The van der Waals surface area contributed by atoms with Crippen LogP contribution in [0.5, 0.6) is 0 Å². The van der Waals surface area contributed by atoms with E-state index < -0.39 is 17.4 Å². The third-order valence-corrected chi connectivity index (χ3v) is 5.43. The van der Waals surface area contributed by atoms with E-state index in [0.29, 0.717) is 18.7 Å². The number of carbonyl (C=O) groups excluding carboxylic acids is 3. The average molecular weight is 460 g/mol. The lowest BCUT2D eigenvalue weighted by molar-refractivity contribution is -0.140. The molecule has 170 valence electrons. The van der Waals surface area contributed by atoms with Crippen molar-refractivity contribution in [3.8, 4) is 0 Å². The summed E-state index contributed by atoms with van der Waals surface area (Å²) in [6, 6.07) is 8.34. The van der Waals surface area contributed by atoms with E-state index in [0.717, 1.165) is 11.8 Å². The molecule has 1 fully saturated rings. The normalized spacial score (nSPS) is 18.2. The van der Waals surface area contributed by atoms with Crippen LogP contribution in [0.15, 0.2) is 40.3 Å². The molecule has 0 radical (unpaired) electrons. The van der Waals surface area contributed by atoms with Crippen LogP contribution in [0.4, 0.5) is 11.5 Å². The Kier molecular flexibility index (Phi) is 7.65. The zero-order chi connectivity index (χ0) is 23.3. The molecule has 0 spiro atoms. The first kappa shape index (κ1) is 23.5. The number of ether oxygens (including phenoxy) is 1. The number of benzene rings is 1. The van der Waals surface area contributed by atoms with Gasteiger partial charge < -0.3 is 20.3 Å². The third-order valence-electron chi connectivity index (χ3n) is 4.57. The van der Waals surface area contributed by atoms with Crippen LogP contribution in [0, 0.1) is 0 Å². The second-order valence-corrected chi connectivity index (χ2v) is 8.40. The van der Waals surface area contributed by atoms with Gasteiger partial charge >= 0.3 is 0 Å². The van der Waals surface area contributed by atoms with Crippen molar-refractivity contribution in [2.75, 3.05) is 29.5 Å². The number of hydrogen-bond donors (Lipinski definition) is 3. The van der Waals surface area contributed by atoms with Crippen LogP contribution < -0.4 is 16.2 Å². The van der Waals surface area contributed by atoms with Crippen LogP contribution in [0.3, 0.4) is 0 Å². The fourth-order valence-electron chi connectivity index (χ4n) is 3.27. The Bertz CT molecular complexity index is 1050. The number of thioether (sulfide) groups is 1. The lowest BCUT2D eigenvalue weighted by Crippen LogP contribution is -2.48. The molecule has 10 nitrogen and oxygen atoms in total.